The molecule has 24 heavy (non-hydrogen) atoms. The van der Waals surface area contributed by atoms with Crippen molar-refractivity contribution in [1.82, 2.24) is 14.5 Å². The van der Waals surface area contributed by atoms with Crippen LogP contribution in [-0.4, -0.2) is 45.9 Å². The van der Waals surface area contributed by atoms with Gasteiger partial charge in [-0.15, -0.1) is 5.10 Å². The third kappa shape index (κ3) is 3.27. The van der Waals surface area contributed by atoms with Gasteiger partial charge in [0.15, 0.2) is 5.00 Å². The van der Waals surface area contributed by atoms with Gasteiger partial charge in [-0.1, -0.05) is 4.49 Å². The Kier molecular flexibility index (Phi) is 4.56. The number of hydrogen-bond donors (Lipinski definition) is 1. The molecule has 9 nitrogen and oxygen atoms in total. The van der Waals surface area contributed by atoms with E-state index in [0.29, 0.717) is 12.3 Å². The minimum atomic E-state index is -0.680. The summed E-state index contributed by atoms with van der Waals surface area (Å²) in [6.45, 7) is 0.607. The van der Waals surface area contributed by atoms with Gasteiger partial charge in [-0.3, -0.25) is 9.59 Å². The molecule has 1 aliphatic rings. The van der Waals surface area contributed by atoms with Gasteiger partial charge in [0, 0.05) is 24.5 Å². The van der Waals surface area contributed by atoms with Crippen LogP contribution in [0.1, 0.15) is 22.7 Å². The van der Waals surface area contributed by atoms with Crippen LogP contribution in [0.3, 0.4) is 0 Å². The fraction of sp³-hybridized carbons (Fsp3) is 0.357. The largest absolute Gasteiger partial charge is 0.467 e. The van der Waals surface area contributed by atoms with Crippen molar-refractivity contribution in [3.63, 3.8) is 0 Å². The second-order valence-electron chi connectivity index (χ2n) is 5.19. The molecule has 0 spiro atoms. The molecule has 2 aromatic heterocycles. The highest BCUT2D eigenvalue weighted by molar-refractivity contribution is 7.10. The van der Waals surface area contributed by atoms with Gasteiger partial charge in [-0.05, 0) is 12.1 Å². The lowest BCUT2D eigenvalue weighted by Gasteiger charge is -2.14. The summed E-state index contributed by atoms with van der Waals surface area (Å²) in [5, 5.41) is 6.45. The van der Waals surface area contributed by atoms with E-state index in [1.165, 1.54) is 13.4 Å². The molecule has 126 valence electrons. The molecule has 2 amide bonds. The molecule has 1 aliphatic heterocycles. The molecule has 3 heterocycles. The molecular weight excluding hydrogens is 336 g/mol. The van der Waals surface area contributed by atoms with Crippen LogP contribution in [0.5, 0.6) is 0 Å². The first-order valence-electron chi connectivity index (χ1n) is 7.10. The van der Waals surface area contributed by atoms with Gasteiger partial charge in [-0.2, -0.15) is 0 Å². The summed E-state index contributed by atoms with van der Waals surface area (Å²) >= 11 is 0.878. The molecule has 10 heteroatoms. The van der Waals surface area contributed by atoms with E-state index in [4.69, 9.17) is 4.42 Å². The first kappa shape index (κ1) is 16.1. The van der Waals surface area contributed by atoms with Crippen molar-refractivity contribution in [3.8, 4) is 0 Å². The first-order valence-corrected chi connectivity index (χ1v) is 7.87. The van der Waals surface area contributed by atoms with E-state index in [1.54, 1.807) is 17.0 Å². The second kappa shape index (κ2) is 6.79. The fourth-order valence-corrected chi connectivity index (χ4v) is 2.97. The number of carbonyl (C=O) groups excluding carboxylic acids is 3. The Hall–Kier alpha value is -2.75. The number of furan rings is 1. The van der Waals surface area contributed by atoms with Crippen molar-refractivity contribution in [2.45, 2.75) is 13.0 Å². The maximum absolute atomic E-state index is 12.4. The van der Waals surface area contributed by atoms with Crippen LogP contribution in [0.15, 0.2) is 22.8 Å². The number of hydrogen-bond acceptors (Lipinski definition) is 8. The molecule has 2 aromatic rings. The number of ether oxygens (including phenoxy) is 1. The summed E-state index contributed by atoms with van der Waals surface area (Å²) in [6.07, 6.45) is 1.64. The Labute approximate surface area is 140 Å². The number of nitrogens with one attached hydrogen (secondary N) is 1. The zero-order valence-electron chi connectivity index (χ0n) is 12.7. The summed E-state index contributed by atoms with van der Waals surface area (Å²) in [7, 11) is 1.22. The molecular formula is C14H14N4O5S. The van der Waals surface area contributed by atoms with Gasteiger partial charge in [0.1, 0.15) is 5.76 Å². The Morgan fingerprint density at radius 2 is 2.38 bits per heavy atom. The van der Waals surface area contributed by atoms with Gasteiger partial charge < -0.3 is 19.4 Å². The molecule has 1 saturated heterocycles. The maximum atomic E-state index is 12.4. The predicted molar refractivity (Wildman–Crippen MR) is 82.1 cm³/mol. The molecule has 1 N–H and O–H groups in total. The highest BCUT2D eigenvalue weighted by atomic mass is 32.1. The minimum Gasteiger partial charge on any atom is -0.467 e. The molecule has 0 aromatic carbocycles. The molecule has 0 bridgehead atoms. The second-order valence-corrected chi connectivity index (χ2v) is 5.94. The van der Waals surface area contributed by atoms with Crippen LogP contribution < -0.4 is 5.32 Å². The van der Waals surface area contributed by atoms with Gasteiger partial charge >= 0.3 is 5.97 Å². The summed E-state index contributed by atoms with van der Waals surface area (Å²) < 4.78 is 13.4. The lowest BCUT2D eigenvalue weighted by Crippen LogP contribution is -2.28. The Morgan fingerprint density at radius 1 is 1.54 bits per heavy atom. The topological polar surface area (TPSA) is 115 Å². The number of methoxy groups -OCH3 is 1. The SMILES string of the molecule is COC(=O)c1nnsc1NC(=O)[C@H]1CC(=O)N(Cc2ccco2)C1. The van der Waals surface area contributed by atoms with E-state index in [1.807, 2.05) is 0 Å². The third-order valence-corrected chi connectivity index (χ3v) is 4.26. The average molecular weight is 350 g/mol. The normalized spacial score (nSPS) is 17.1. The highest BCUT2D eigenvalue weighted by Gasteiger charge is 2.35. The van der Waals surface area contributed by atoms with E-state index in [0.717, 1.165) is 11.5 Å². The molecule has 3 rings (SSSR count). The van der Waals surface area contributed by atoms with Crippen LogP contribution in [0.25, 0.3) is 0 Å². The quantitative estimate of drug-likeness (QED) is 0.797. The van der Waals surface area contributed by atoms with Gasteiger partial charge in [0.25, 0.3) is 0 Å². The van der Waals surface area contributed by atoms with Crippen LogP contribution in [0, 0.1) is 5.92 Å². The third-order valence-electron chi connectivity index (χ3n) is 3.62. The van der Waals surface area contributed by atoms with Gasteiger partial charge in [-0.25, -0.2) is 4.79 Å². The number of carbonyl (C=O) groups is 3. The zero-order chi connectivity index (χ0) is 17.1. The molecule has 1 atom stereocenters. The standard InChI is InChI=1S/C14H14N4O5S/c1-22-14(21)11-13(24-17-16-11)15-12(20)8-5-10(19)18(6-8)7-9-3-2-4-23-9/h2-4,8H,5-7H2,1H3,(H,15,20)/t8-/m0/s1. The first-order chi connectivity index (χ1) is 11.6. The van der Waals surface area contributed by atoms with Crippen molar-refractivity contribution in [3.05, 3.63) is 29.9 Å². The summed E-state index contributed by atoms with van der Waals surface area (Å²) in [4.78, 5) is 37.5. The minimum absolute atomic E-state index is 0.0485. The number of rotatable bonds is 5. The van der Waals surface area contributed by atoms with Crippen LogP contribution >= 0.6 is 11.5 Å². The highest BCUT2D eigenvalue weighted by Crippen LogP contribution is 2.24. The van der Waals surface area contributed by atoms with Crippen molar-refractivity contribution < 1.29 is 23.5 Å². The van der Waals surface area contributed by atoms with Crippen LogP contribution in [-0.2, 0) is 20.9 Å². The van der Waals surface area contributed by atoms with E-state index in [9.17, 15) is 14.4 Å². The number of amides is 2. The van der Waals surface area contributed by atoms with Crippen molar-refractivity contribution in [2.24, 2.45) is 5.92 Å². The molecule has 0 unspecified atom stereocenters. The lowest BCUT2D eigenvalue weighted by atomic mass is 10.1. The van der Waals surface area contributed by atoms with Crippen LogP contribution in [0.2, 0.25) is 0 Å². The number of likely N-dealkylation sites (tertiary alicyclic amines) is 1. The Bertz CT molecular complexity index is 757. The maximum Gasteiger partial charge on any atom is 0.361 e. The van der Waals surface area contributed by atoms with Crippen molar-refractivity contribution in [1.29, 1.82) is 0 Å². The number of aromatic nitrogens is 2. The van der Waals surface area contributed by atoms with Crippen molar-refractivity contribution in [2.75, 3.05) is 19.0 Å². The van der Waals surface area contributed by atoms with Crippen molar-refractivity contribution >= 4 is 34.3 Å². The number of nitrogens with zero attached hydrogens (tertiary/aromatic N) is 3. The molecule has 0 radical (unpaired) electrons. The molecule has 0 saturated carbocycles. The summed E-state index contributed by atoms with van der Waals surface area (Å²) in [6, 6.07) is 3.51. The molecule has 0 aliphatic carbocycles. The Morgan fingerprint density at radius 3 is 3.08 bits per heavy atom. The lowest BCUT2D eigenvalue weighted by molar-refractivity contribution is -0.128. The average Bonchev–Trinajstić information content (AvgIpc) is 3.29. The van der Waals surface area contributed by atoms with E-state index in [2.05, 4.69) is 19.6 Å². The van der Waals surface area contributed by atoms with E-state index in [-0.39, 0.29) is 35.5 Å². The number of esters is 1. The van der Waals surface area contributed by atoms with E-state index < -0.39 is 11.9 Å². The summed E-state index contributed by atoms with van der Waals surface area (Å²) in [5.41, 5.74) is -0.0485. The van der Waals surface area contributed by atoms with E-state index >= 15 is 0 Å². The van der Waals surface area contributed by atoms with Gasteiger partial charge in [0.2, 0.25) is 17.5 Å². The monoisotopic (exact) mass is 350 g/mol. The summed E-state index contributed by atoms with van der Waals surface area (Å²) in [5.74, 6) is -1.02. The Balaban J connectivity index is 1.63. The van der Waals surface area contributed by atoms with Crippen LogP contribution in [0.4, 0.5) is 5.00 Å². The number of anilines is 1. The zero-order valence-corrected chi connectivity index (χ0v) is 13.5. The predicted octanol–water partition coefficient (Wildman–Crippen LogP) is 0.905. The smallest absolute Gasteiger partial charge is 0.361 e. The fourth-order valence-electron chi connectivity index (χ4n) is 2.41. The molecule has 1 fully saturated rings. The van der Waals surface area contributed by atoms with Gasteiger partial charge in [0.05, 0.1) is 25.8 Å².